The maximum atomic E-state index is 12.9. The number of carbonyl (C=O) groups excluding carboxylic acids is 2. The van der Waals surface area contributed by atoms with Crippen molar-refractivity contribution in [3.8, 4) is 11.8 Å². The fourth-order valence-electron chi connectivity index (χ4n) is 5.84. The van der Waals surface area contributed by atoms with Crippen LogP contribution in [-0.4, -0.2) is 51.5 Å². The molecule has 3 fully saturated rings. The molecule has 10 nitrogen and oxygen atoms in total. The third-order valence-electron chi connectivity index (χ3n) is 8.32. The summed E-state index contributed by atoms with van der Waals surface area (Å²) in [4.78, 5) is 31.8. The Morgan fingerprint density at radius 3 is 2.79 bits per heavy atom. The summed E-state index contributed by atoms with van der Waals surface area (Å²) in [5.41, 5.74) is 3.49. The molecule has 11 heteroatoms. The molecule has 1 aliphatic heterocycles. The van der Waals surface area contributed by atoms with Crippen molar-refractivity contribution in [3.05, 3.63) is 63.6 Å². The van der Waals surface area contributed by atoms with Crippen LogP contribution in [0.4, 0.5) is 5.82 Å². The smallest absolute Gasteiger partial charge is 0.273 e. The van der Waals surface area contributed by atoms with Gasteiger partial charge in [-0.05, 0) is 68.7 Å². The Morgan fingerprint density at radius 1 is 1.31 bits per heavy atom. The number of rotatable bonds is 7. The van der Waals surface area contributed by atoms with Crippen LogP contribution in [0.5, 0.6) is 5.75 Å². The normalized spacial score (nSPS) is 24.0. The third-order valence-corrected chi connectivity index (χ3v) is 8.56. The van der Waals surface area contributed by atoms with Gasteiger partial charge in [-0.3, -0.25) is 14.5 Å². The van der Waals surface area contributed by atoms with E-state index in [1.807, 2.05) is 19.9 Å². The van der Waals surface area contributed by atoms with Gasteiger partial charge < -0.3 is 10.1 Å². The average molecular weight is 546 g/mol. The number of methoxy groups -OCH3 is 1. The van der Waals surface area contributed by atoms with Gasteiger partial charge in [0.15, 0.2) is 17.3 Å². The van der Waals surface area contributed by atoms with Crippen LogP contribution in [0.15, 0.2) is 30.6 Å². The summed E-state index contributed by atoms with van der Waals surface area (Å²) in [6, 6.07) is 7.21. The summed E-state index contributed by atoms with van der Waals surface area (Å²) in [6.07, 6.45) is 5.79. The van der Waals surface area contributed by atoms with Crippen LogP contribution in [0.3, 0.4) is 0 Å². The largest absolute Gasteiger partial charge is 0.493 e. The van der Waals surface area contributed by atoms with Crippen molar-refractivity contribution >= 4 is 29.2 Å². The number of piperidine rings is 1. The highest BCUT2D eigenvalue weighted by molar-refractivity contribution is 6.30. The van der Waals surface area contributed by atoms with E-state index in [9.17, 15) is 14.9 Å². The molecule has 2 aromatic heterocycles. The fourth-order valence-corrected chi connectivity index (χ4v) is 6.03. The maximum absolute atomic E-state index is 12.9. The van der Waals surface area contributed by atoms with Gasteiger partial charge in [0.05, 0.1) is 31.0 Å². The molecule has 0 spiro atoms. The second-order valence-electron chi connectivity index (χ2n) is 10.7. The summed E-state index contributed by atoms with van der Waals surface area (Å²) in [5, 5.41) is 21.3. The molecule has 1 aromatic carbocycles. The lowest BCUT2D eigenvalue weighted by atomic mass is 9.74. The lowest BCUT2D eigenvalue weighted by Crippen LogP contribution is -2.43. The molecule has 0 unspecified atom stereocenters. The highest BCUT2D eigenvalue weighted by Gasteiger charge is 2.53. The molecule has 3 atom stereocenters. The highest BCUT2D eigenvalue weighted by atomic mass is 35.5. The van der Waals surface area contributed by atoms with E-state index in [4.69, 9.17) is 16.3 Å². The van der Waals surface area contributed by atoms with E-state index in [1.54, 1.807) is 41.2 Å². The van der Waals surface area contributed by atoms with E-state index in [0.29, 0.717) is 34.6 Å². The number of fused-ring (bicyclic) bond motifs is 1. The summed E-state index contributed by atoms with van der Waals surface area (Å²) < 4.78 is 7.32. The van der Waals surface area contributed by atoms with Crippen LogP contribution in [0.1, 0.15) is 70.9 Å². The summed E-state index contributed by atoms with van der Waals surface area (Å²) in [7, 11) is 1.58. The Labute approximate surface area is 230 Å². The topological polar surface area (TPSA) is 126 Å². The summed E-state index contributed by atoms with van der Waals surface area (Å²) in [5.74, 6) is 1.69. The van der Waals surface area contributed by atoms with Gasteiger partial charge in [0, 0.05) is 40.9 Å². The van der Waals surface area contributed by atoms with Crippen molar-refractivity contribution in [1.29, 1.82) is 5.26 Å². The Bertz CT molecular complexity index is 1520. The number of halogens is 1. The predicted octanol–water partition coefficient (Wildman–Crippen LogP) is 3.78. The van der Waals surface area contributed by atoms with Crippen LogP contribution in [-0.2, 0) is 4.79 Å². The molecule has 3 aliphatic rings. The fraction of sp³-hybridized carbons (Fsp3) is 0.429. The minimum atomic E-state index is -0.294. The number of pyridine rings is 1. The van der Waals surface area contributed by atoms with Crippen LogP contribution < -0.4 is 15.0 Å². The number of aromatic nitrogens is 4. The molecular weight excluding hydrogens is 518 g/mol. The van der Waals surface area contributed by atoms with Crippen LogP contribution >= 0.6 is 11.6 Å². The van der Waals surface area contributed by atoms with E-state index < -0.39 is 0 Å². The van der Waals surface area contributed by atoms with Crippen LogP contribution in [0.25, 0.3) is 0 Å². The number of benzene rings is 1. The number of nitriles is 1. The first kappa shape index (κ1) is 25.3. The Morgan fingerprint density at radius 2 is 2.10 bits per heavy atom. The SMILES string of the molecule is COc1c(N2C[C@H]3C[C@H]3C2=O)ncc([C@H](C)n2cc(C(=O)N[C@H]3C[C@@H](c4cc(Cl)ccc4C#N)C3)nn2)c1C. The van der Waals surface area contributed by atoms with Gasteiger partial charge in [-0.1, -0.05) is 16.8 Å². The molecule has 2 aliphatic carbocycles. The van der Waals surface area contributed by atoms with Crippen LogP contribution in [0, 0.1) is 30.1 Å². The number of carbonyl (C=O) groups is 2. The minimum absolute atomic E-state index is 0.0156. The molecule has 1 saturated heterocycles. The Hall–Kier alpha value is -3.97. The van der Waals surface area contributed by atoms with Gasteiger partial charge >= 0.3 is 0 Å². The minimum Gasteiger partial charge on any atom is -0.493 e. The molecule has 39 heavy (non-hydrogen) atoms. The molecule has 3 heterocycles. The third kappa shape index (κ3) is 4.40. The van der Waals surface area contributed by atoms with Gasteiger partial charge in [0.1, 0.15) is 0 Å². The Balaban J connectivity index is 1.12. The number of nitrogens with zero attached hydrogens (tertiary/aromatic N) is 6. The molecular formula is C28H28ClN7O3. The lowest BCUT2D eigenvalue weighted by molar-refractivity contribution is -0.118. The molecule has 2 saturated carbocycles. The summed E-state index contributed by atoms with van der Waals surface area (Å²) in [6.45, 7) is 4.57. The molecule has 0 bridgehead atoms. The van der Waals surface area contributed by atoms with Crippen molar-refractivity contribution in [1.82, 2.24) is 25.3 Å². The maximum Gasteiger partial charge on any atom is 0.273 e. The second kappa shape index (κ2) is 9.65. The van der Waals surface area contributed by atoms with Crippen molar-refractivity contribution in [2.45, 2.75) is 51.1 Å². The van der Waals surface area contributed by atoms with Crippen LogP contribution in [0.2, 0.25) is 5.02 Å². The van der Waals surface area contributed by atoms with Gasteiger partial charge in [-0.15, -0.1) is 5.10 Å². The zero-order chi connectivity index (χ0) is 27.4. The number of amides is 2. The molecule has 200 valence electrons. The first-order valence-electron chi connectivity index (χ1n) is 13.1. The first-order valence-corrected chi connectivity index (χ1v) is 13.4. The predicted molar refractivity (Wildman–Crippen MR) is 143 cm³/mol. The highest BCUT2D eigenvalue weighted by Crippen LogP contribution is 2.49. The van der Waals surface area contributed by atoms with Gasteiger partial charge in [-0.25, -0.2) is 9.67 Å². The molecule has 6 rings (SSSR count). The summed E-state index contributed by atoms with van der Waals surface area (Å²) >= 11 is 6.13. The van der Waals surface area contributed by atoms with Gasteiger partial charge in [0.2, 0.25) is 5.91 Å². The van der Waals surface area contributed by atoms with E-state index in [2.05, 4.69) is 26.7 Å². The van der Waals surface area contributed by atoms with Crippen molar-refractivity contribution in [3.63, 3.8) is 0 Å². The molecule has 2 amide bonds. The van der Waals surface area contributed by atoms with Gasteiger partial charge in [-0.2, -0.15) is 5.26 Å². The van der Waals surface area contributed by atoms with Crippen molar-refractivity contribution < 1.29 is 14.3 Å². The number of ether oxygens (including phenoxy) is 1. The van der Waals surface area contributed by atoms with E-state index in [-0.39, 0.29) is 41.4 Å². The van der Waals surface area contributed by atoms with Crippen molar-refractivity contribution in [2.24, 2.45) is 11.8 Å². The lowest BCUT2D eigenvalue weighted by Gasteiger charge is -2.36. The standard InChI is InChI=1S/C28H28ClN7O3/c1-14-23(11-31-26(25(14)39-3)35-12-18-8-22(18)28(35)38)15(2)36-13-24(33-34-36)27(37)32-20-6-17(7-20)21-9-19(29)5-4-16(21)10-30/h4-5,9,11,13,15,17-18,20,22H,6-8,12H2,1-3H3,(H,32,37)/t15-,17-,18+,20+,22+/m0/s1. The zero-order valence-electron chi connectivity index (χ0n) is 21.9. The monoisotopic (exact) mass is 545 g/mol. The van der Waals surface area contributed by atoms with E-state index >= 15 is 0 Å². The molecule has 1 N–H and O–H groups in total. The van der Waals surface area contributed by atoms with E-state index in [1.165, 1.54) is 0 Å². The quantitative estimate of drug-likeness (QED) is 0.478. The second-order valence-corrected chi connectivity index (χ2v) is 11.1. The first-order chi connectivity index (χ1) is 18.8. The zero-order valence-corrected chi connectivity index (χ0v) is 22.6. The molecule has 0 radical (unpaired) electrons. The number of anilines is 1. The molecule has 3 aromatic rings. The van der Waals surface area contributed by atoms with Crippen molar-refractivity contribution in [2.75, 3.05) is 18.6 Å². The number of nitrogens with one attached hydrogen (secondary N) is 1. The number of hydrogen-bond donors (Lipinski definition) is 1. The van der Waals surface area contributed by atoms with Gasteiger partial charge in [0.25, 0.3) is 5.91 Å². The van der Waals surface area contributed by atoms with E-state index in [0.717, 1.165) is 36.0 Å². The Kier molecular flexibility index (Phi) is 6.26. The average Bonchev–Trinajstić information content (AvgIpc) is 3.36. The number of hydrogen-bond acceptors (Lipinski definition) is 7.